The van der Waals surface area contributed by atoms with Crippen LogP contribution in [-0.2, 0) is 16.0 Å². The minimum absolute atomic E-state index is 0.00921. The first-order valence-corrected chi connectivity index (χ1v) is 8.14. The van der Waals surface area contributed by atoms with Gasteiger partial charge in [-0.3, -0.25) is 4.79 Å². The minimum Gasteiger partial charge on any atom is -0.480 e. The fourth-order valence-electron chi connectivity index (χ4n) is 4.15. The molecule has 3 rings (SSSR count). The Morgan fingerprint density at radius 1 is 1.27 bits per heavy atom. The van der Waals surface area contributed by atoms with Gasteiger partial charge in [0.1, 0.15) is 6.04 Å². The van der Waals surface area contributed by atoms with Gasteiger partial charge in [0.05, 0.1) is 0 Å². The second kappa shape index (κ2) is 6.11. The third-order valence-electron chi connectivity index (χ3n) is 5.33. The highest BCUT2D eigenvalue weighted by molar-refractivity contribution is 5.85. The molecule has 1 N–H and O–H groups in total. The van der Waals surface area contributed by atoms with Crippen molar-refractivity contribution in [1.29, 1.82) is 0 Å². The van der Waals surface area contributed by atoms with Gasteiger partial charge in [0.25, 0.3) is 0 Å². The van der Waals surface area contributed by atoms with Crippen molar-refractivity contribution in [1.82, 2.24) is 4.90 Å². The van der Waals surface area contributed by atoms with Crippen LogP contribution in [0.25, 0.3) is 0 Å². The van der Waals surface area contributed by atoms with E-state index in [9.17, 15) is 14.7 Å². The SMILES string of the molecule is Cc1ccccc1CCC(=O)N1CC2CCCC2C1C(=O)O. The summed E-state index contributed by atoms with van der Waals surface area (Å²) in [7, 11) is 0. The Morgan fingerprint density at radius 3 is 2.77 bits per heavy atom. The molecule has 1 aliphatic carbocycles. The lowest BCUT2D eigenvalue weighted by Crippen LogP contribution is -2.43. The summed E-state index contributed by atoms with van der Waals surface area (Å²) in [4.78, 5) is 25.8. The van der Waals surface area contributed by atoms with E-state index in [1.807, 2.05) is 31.2 Å². The Balaban J connectivity index is 1.67. The molecule has 1 aromatic rings. The molecule has 2 aliphatic rings. The number of carboxylic acid groups (broad SMARTS) is 1. The van der Waals surface area contributed by atoms with Crippen molar-refractivity contribution in [2.75, 3.05) is 6.54 Å². The van der Waals surface area contributed by atoms with Crippen LogP contribution in [0.4, 0.5) is 0 Å². The number of fused-ring (bicyclic) bond motifs is 1. The third-order valence-corrected chi connectivity index (χ3v) is 5.33. The van der Waals surface area contributed by atoms with Crippen molar-refractivity contribution >= 4 is 11.9 Å². The van der Waals surface area contributed by atoms with Crippen molar-refractivity contribution in [2.24, 2.45) is 11.8 Å². The molecule has 4 nitrogen and oxygen atoms in total. The van der Waals surface area contributed by atoms with E-state index in [2.05, 4.69) is 0 Å². The molecule has 1 aromatic carbocycles. The van der Waals surface area contributed by atoms with E-state index in [0.717, 1.165) is 19.3 Å². The summed E-state index contributed by atoms with van der Waals surface area (Å²) in [5.41, 5.74) is 2.35. The van der Waals surface area contributed by atoms with Crippen LogP contribution >= 0.6 is 0 Å². The van der Waals surface area contributed by atoms with E-state index in [1.165, 1.54) is 11.1 Å². The van der Waals surface area contributed by atoms with Gasteiger partial charge in [-0.05, 0) is 49.1 Å². The summed E-state index contributed by atoms with van der Waals surface area (Å²) in [5.74, 6) is -0.285. The van der Waals surface area contributed by atoms with E-state index in [1.54, 1.807) is 4.90 Å². The van der Waals surface area contributed by atoms with Crippen LogP contribution in [0.5, 0.6) is 0 Å². The van der Waals surface area contributed by atoms with Crippen LogP contribution in [0.2, 0.25) is 0 Å². The second-order valence-corrected chi connectivity index (χ2v) is 6.61. The maximum absolute atomic E-state index is 12.5. The normalized spacial score (nSPS) is 27.0. The average molecular weight is 301 g/mol. The summed E-state index contributed by atoms with van der Waals surface area (Å²) in [6.07, 6.45) is 4.20. The zero-order valence-electron chi connectivity index (χ0n) is 13.0. The molecule has 1 amide bonds. The van der Waals surface area contributed by atoms with Gasteiger partial charge in [-0.15, -0.1) is 0 Å². The van der Waals surface area contributed by atoms with E-state index < -0.39 is 12.0 Å². The van der Waals surface area contributed by atoms with E-state index in [0.29, 0.717) is 25.3 Å². The molecule has 0 spiro atoms. The lowest BCUT2D eigenvalue weighted by molar-refractivity contribution is -0.149. The van der Waals surface area contributed by atoms with Crippen LogP contribution in [0.1, 0.15) is 36.8 Å². The molecule has 0 radical (unpaired) electrons. The Hall–Kier alpha value is -1.84. The third kappa shape index (κ3) is 2.74. The molecular weight excluding hydrogens is 278 g/mol. The Bertz CT molecular complexity index is 583. The molecule has 118 valence electrons. The fraction of sp³-hybridized carbons (Fsp3) is 0.556. The Labute approximate surface area is 131 Å². The number of hydrogen-bond acceptors (Lipinski definition) is 2. The molecule has 2 fully saturated rings. The number of aryl methyl sites for hydroxylation is 2. The van der Waals surface area contributed by atoms with E-state index >= 15 is 0 Å². The number of likely N-dealkylation sites (tertiary alicyclic amines) is 1. The molecule has 4 heteroatoms. The van der Waals surface area contributed by atoms with Crippen LogP contribution in [0, 0.1) is 18.8 Å². The Morgan fingerprint density at radius 2 is 2.05 bits per heavy atom. The van der Waals surface area contributed by atoms with Crippen LogP contribution < -0.4 is 0 Å². The maximum Gasteiger partial charge on any atom is 0.326 e. The molecule has 1 saturated carbocycles. The monoisotopic (exact) mass is 301 g/mol. The lowest BCUT2D eigenvalue weighted by Gasteiger charge is -2.24. The molecule has 22 heavy (non-hydrogen) atoms. The van der Waals surface area contributed by atoms with Gasteiger partial charge in [-0.25, -0.2) is 4.79 Å². The van der Waals surface area contributed by atoms with Gasteiger partial charge in [0.15, 0.2) is 0 Å². The molecule has 0 aromatic heterocycles. The predicted molar refractivity (Wildman–Crippen MR) is 83.5 cm³/mol. The summed E-state index contributed by atoms with van der Waals surface area (Å²) < 4.78 is 0. The molecule has 0 bridgehead atoms. The summed E-state index contributed by atoms with van der Waals surface area (Å²) >= 11 is 0. The Kier molecular flexibility index (Phi) is 4.19. The smallest absolute Gasteiger partial charge is 0.326 e. The van der Waals surface area contributed by atoms with Crippen molar-refractivity contribution in [3.63, 3.8) is 0 Å². The van der Waals surface area contributed by atoms with Gasteiger partial charge in [-0.1, -0.05) is 30.7 Å². The number of aliphatic carboxylic acids is 1. The molecule has 3 atom stereocenters. The summed E-state index contributed by atoms with van der Waals surface area (Å²) in [6, 6.07) is 7.45. The number of nitrogens with zero attached hydrogens (tertiary/aromatic N) is 1. The van der Waals surface area contributed by atoms with Crippen LogP contribution in [0.15, 0.2) is 24.3 Å². The van der Waals surface area contributed by atoms with Crippen LogP contribution in [-0.4, -0.2) is 34.5 Å². The second-order valence-electron chi connectivity index (χ2n) is 6.61. The van der Waals surface area contributed by atoms with Gasteiger partial charge in [-0.2, -0.15) is 0 Å². The first-order valence-electron chi connectivity index (χ1n) is 8.14. The average Bonchev–Trinajstić information content (AvgIpc) is 3.05. The van der Waals surface area contributed by atoms with Gasteiger partial charge >= 0.3 is 5.97 Å². The first-order chi connectivity index (χ1) is 10.6. The highest BCUT2D eigenvalue weighted by Gasteiger charge is 2.49. The standard InChI is InChI=1S/C18H23NO3/c1-12-5-2-3-6-13(12)9-10-16(20)19-11-14-7-4-8-15(14)17(19)18(21)22/h2-3,5-6,14-15,17H,4,7-11H2,1H3,(H,21,22). The number of benzene rings is 1. The highest BCUT2D eigenvalue weighted by Crippen LogP contribution is 2.42. The predicted octanol–water partition coefficient (Wildman–Crippen LogP) is 2.64. The van der Waals surface area contributed by atoms with Gasteiger partial charge in [0.2, 0.25) is 5.91 Å². The van der Waals surface area contributed by atoms with E-state index in [-0.39, 0.29) is 11.8 Å². The fourth-order valence-corrected chi connectivity index (χ4v) is 4.15. The maximum atomic E-state index is 12.5. The number of carboxylic acids is 1. The van der Waals surface area contributed by atoms with Crippen molar-refractivity contribution < 1.29 is 14.7 Å². The molecule has 1 aliphatic heterocycles. The summed E-state index contributed by atoms with van der Waals surface area (Å²) in [6.45, 7) is 2.67. The topological polar surface area (TPSA) is 57.6 Å². The number of carbonyl (C=O) groups is 2. The molecule has 1 heterocycles. The largest absolute Gasteiger partial charge is 0.480 e. The zero-order valence-corrected chi connectivity index (χ0v) is 13.0. The highest BCUT2D eigenvalue weighted by atomic mass is 16.4. The van der Waals surface area contributed by atoms with E-state index in [4.69, 9.17) is 0 Å². The van der Waals surface area contributed by atoms with Crippen molar-refractivity contribution in [2.45, 2.75) is 45.1 Å². The number of hydrogen-bond donors (Lipinski definition) is 1. The number of amides is 1. The van der Waals surface area contributed by atoms with Crippen molar-refractivity contribution in [3.8, 4) is 0 Å². The summed E-state index contributed by atoms with van der Waals surface area (Å²) in [5, 5.41) is 9.52. The van der Waals surface area contributed by atoms with Crippen LogP contribution in [0.3, 0.4) is 0 Å². The minimum atomic E-state index is -0.835. The quantitative estimate of drug-likeness (QED) is 0.930. The first kappa shape index (κ1) is 15.1. The molecular formula is C18H23NO3. The molecule has 1 saturated heterocycles. The zero-order chi connectivity index (χ0) is 15.7. The number of carbonyl (C=O) groups excluding carboxylic acids is 1. The van der Waals surface area contributed by atoms with Gasteiger partial charge in [0, 0.05) is 13.0 Å². The lowest BCUT2D eigenvalue weighted by atomic mass is 9.94. The van der Waals surface area contributed by atoms with Gasteiger partial charge < -0.3 is 10.0 Å². The molecule has 3 unspecified atom stereocenters. The number of rotatable bonds is 4. The van der Waals surface area contributed by atoms with Crippen molar-refractivity contribution in [3.05, 3.63) is 35.4 Å².